The second-order valence-electron chi connectivity index (χ2n) is 11.1. The summed E-state index contributed by atoms with van der Waals surface area (Å²) in [6, 6.07) is 4.59. The van der Waals surface area contributed by atoms with Crippen molar-refractivity contribution in [2.75, 3.05) is 13.2 Å². The summed E-state index contributed by atoms with van der Waals surface area (Å²) in [6.45, 7) is 1.17. The van der Waals surface area contributed by atoms with Crippen LogP contribution < -0.4 is 0 Å². The minimum Gasteiger partial charge on any atom is -0.465 e. The molecule has 0 saturated heterocycles. The quantitative estimate of drug-likeness (QED) is 0.0630. The first-order valence-electron chi connectivity index (χ1n) is 14.1. The minimum atomic E-state index is -8.04. The highest BCUT2D eigenvalue weighted by molar-refractivity contribution is 6.09. The average molecular weight is 732 g/mol. The van der Waals surface area contributed by atoms with E-state index in [-0.39, 0.29) is 29.5 Å². The van der Waals surface area contributed by atoms with Crippen LogP contribution in [0.15, 0.2) is 40.5 Å². The molecule has 3 rings (SSSR count). The molecule has 21 heteroatoms. The molecule has 0 N–H and O–H groups in total. The number of hydrogen-bond acceptors (Lipinski definition) is 7. The van der Waals surface area contributed by atoms with Crippen molar-refractivity contribution in [2.24, 2.45) is 16.8 Å². The number of nitro groups is 1. The highest BCUT2D eigenvalue weighted by atomic mass is 19.4. The third-order valence-electron chi connectivity index (χ3n) is 7.71. The van der Waals surface area contributed by atoms with Crippen molar-refractivity contribution in [1.29, 1.82) is 0 Å². The minimum absolute atomic E-state index is 0.0170. The molecule has 0 spiro atoms. The molecule has 1 aliphatic carbocycles. The van der Waals surface area contributed by atoms with Gasteiger partial charge in [-0.3, -0.25) is 19.9 Å². The lowest BCUT2D eigenvalue weighted by Gasteiger charge is -2.39. The van der Waals surface area contributed by atoms with Crippen LogP contribution in [-0.2, 0) is 19.1 Å². The fourth-order valence-corrected chi connectivity index (χ4v) is 5.06. The topological polar surface area (TPSA) is 108 Å². The summed E-state index contributed by atoms with van der Waals surface area (Å²) >= 11 is 0. The normalized spacial score (nSPS) is 19.8. The number of hydrogen-bond donors (Lipinski definition) is 0. The third-order valence-corrected chi connectivity index (χ3v) is 7.71. The summed E-state index contributed by atoms with van der Waals surface area (Å²) in [7, 11) is 0. The number of allylic oxidation sites excluding steroid dienone is 1. The zero-order chi connectivity index (χ0) is 37.5. The van der Waals surface area contributed by atoms with Gasteiger partial charge in [0.2, 0.25) is 0 Å². The first-order chi connectivity index (χ1) is 22.3. The Morgan fingerprint density at radius 2 is 1.47 bits per heavy atom. The van der Waals surface area contributed by atoms with Crippen molar-refractivity contribution in [2.45, 2.75) is 81.2 Å². The number of carbonyl (C=O) groups is 2. The van der Waals surface area contributed by atoms with Gasteiger partial charge in [0, 0.05) is 35.9 Å². The fraction of sp³-hybridized carbons (Fsp3) is 0.607. The van der Waals surface area contributed by atoms with E-state index >= 15 is 0 Å². The van der Waals surface area contributed by atoms with Gasteiger partial charge in [0.05, 0.1) is 23.7 Å². The second-order valence-corrected chi connectivity index (χ2v) is 11.1. The Balaban J connectivity index is 1.89. The Labute approximate surface area is 267 Å². The number of benzene rings is 1. The van der Waals surface area contributed by atoms with Crippen molar-refractivity contribution in [3.8, 4) is 0 Å². The molecule has 2 unspecified atom stereocenters. The number of ether oxygens (including phenoxy) is 2. The van der Waals surface area contributed by atoms with Gasteiger partial charge in [-0.2, -0.15) is 57.1 Å². The Bertz CT molecular complexity index is 1520. The molecule has 1 heterocycles. The highest BCUT2D eigenvalue weighted by Gasteiger charge is 2.90. The number of halogens is 13. The molecule has 0 radical (unpaired) electrons. The zero-order valence-electron chi connectivity index (χ0n) is 25.0. The number of aliphatic imine (C=N–C) groups is 1. The van der Waals surface area contributed by atoms with Crippen LogP contribution in [0.4, 0.5) is 62.8 Å². The maximum Gasteiger partial charge on any atom is 0.460 e. The van der Waals surface area contributed by atoms with Gasteiger partial charge in [0.25, 0.3) is 5.69 Å². The van der Waals surface area contributed by atoms with Crippen molar-refractivity contribution in [3.05, 3.63) is 51.2 Å². The van der Waals surface area contributed by atoms with Crippen LogP contribution in [0.2, 0.25) is 0 Å². The van der Waals surface area contributed by atoms with Crippen LogP contribution in [0, 0.1) is 22.0 Å². The van der Waals surface area contributed by atoms with E-state index in [9.17, 15) is 76.8 Å². The summed E-state index contributed by atoms with van der Waals surface area (Å²) in [5, 5.41) is 11.4. The lowest BCUT2D eigenvalue weighted by molar-refractivity contribution is -0.440. The maximum absolute atomic E-state index is 14.2. The molecule has 2 atom stereocenters. The van der Waals surface area contributed by atoms with E-state index < -0.39 is 95.2 Å². The molecule has 0 aromatic heterocycles. The third kappa shape index (κ3) is 7.06. The summed E-state index contributed by atoms with van der Waals surface area (Å²) < 4.78 is 184. The van der Waals surface area contributed by atoms with Crippen LogP contribution in [-0.4, -0.2) is 71.6 Å². The van der Waals surface area contributed by atoms with Gasteiger partial charge in [0.1, 0.15) is 5.92 Å². The number of esters is 2. The second kappa shape index (κ2) is 13.4. The Kier molecular flexibility index (Phi) is 10.8. The Morgan fingerprint density at radius 3 is 1.98 bits per heavy atom. The van der Waals surface area contributed by atoms with E-state index in [1.165, 1.54) is 26.0 Å². The van der Waals surface area contributed by atoms with Gasteiger partial charge < -0.3 is 9.47 Å². The number of nitrogens with zero attached hydrogens (tertiary/aromatic N) is 2. The average Bonchev–Trinajstić information content (AvgIpc) is 3.83. The molecule has 1 saturated carbocycles. The van der Waals surface area contributed by atoms with E-state index in [2.05, 4.69) is 4.99 Å². The highest BCUT2D eigenvalue weighted by Crippen LogP contribution is 2.60. The molecular formula is C28H25F13N2O6. The number of nitro benzene ring substituents is 1. The van der Waals surface area contributed by atoms with E-state index in [1.54, 1.807) is 0 Å². The molecular weight excluding hydrogens is 707 g/mol. The van der Waals surface area contributed by atoms with Gasteiger partial charge in [-0.15, -0.1) is 0 Å². The number of alkyl halides is 13. The van der Waals surface area contributed by atoms with Gasteiger partial charge in [0.15, 0.2) is 0 Å². The van der Waals surface area contributed by atoms with Crippen LogP contribution in [0.1, 0.15) is 51.0 Å². The van der Waals surface area contributed by atoms with Crippen LogP contribution in [0.5, 0.6) is 0 Å². The lowest BCUT2D eigenvalue weighted by Crippen LogP contribution is -2.70. The predicted octanol–water partition coefficient (Wildman–Crippen LogP) is 8.06. The number of rotatable bonds is 14. The van der Waals surface area contributed by atoms with Gasteiger partial charge in [-0.1, -0.05) is 12.1 Å². The fourth-order valence-electron chi connectivity index (χ4n) is 5.06. The number of non-ortho nitro benzene ring substituents is 1. The molecule has 1 fully saturated rings. The molecule has 2 aliphatic rings. The van der Waals surface area contributed by atoms with Gasteiger partial charge in [-0.05, 0) is 44.6 Å². The Morgan fingerprint density at radius 1 is 0.898 bits per heavy atom. The van der Waals surface area contributed by atoms with Crippen LogP contribution >= 0.6 is 0 Å². The standard InChI is InChI=1S/C28H25F13N2O6/c1-3-48-22(45)19-18(15-6-4-7-16(12-15)43(46)47)17(13(2)42-20(19)14-8-9-14)21(44)49-11-5-10-23(29,30)24(31,32)25(33,34)26(35,36)27(37,38)28(39,40)41/h4,6-7,12,14,18-19H,3,5,8-11H2,1-2H3. The van der Waals surface area contributed by atoms with E-state index in [4.69, 9.17) is 9.47 Å². The van der Waals surface area contributed by atoms with Crippen LogP contribution in [0.25, 0.3) is 0 Å². The summed E-state index contributed by atoms with van der Waals surface area (Å²) in [5.41, 5.74) is -0.871. The van der Waals surface area contributed by atoms with Crippen molar-refractivity contribution in [3.63, 3.8) is 0 Å². The molecule has 49 heavy (non-hydrogen) atoms. The monoisotopic (exact) mass is 732 g/mol. The molecule has 274 valence electrons. The predicted molar refractivity (Wildman–Crippen MR) is 140 cm³/mol. The number of carbonyl (C=O) groups excluding carboxylic acids is 2. The first kappa shape index (κ1) is 39.5. The summed E-state index contributed by atoms with van der Waals surface area (Å²) in [5.74, 6) is -43.1. The van der Waals surface area contributed by atoms with E-state index in [0.717, 1.165) is 12.1 Å². The largest absolute Gasteiger partial charge is 0.465 e. The lowest BCUT2D eigenvalue weighted by atomic mass is 9.74. The molecule has 1 aromatic rings. The van der Waals surface area contributed by atoms with Crippen molar-refractivity contribution >= 4 is 23.3 Å². The van der Waals surface area contributed by atoms with Crippen molar-refractivity contribution in [1.82, 2.24) is 0 Å². The Hall–Kier alpha value is -3.94. The maximum atomic E-state index is 14.2. The van der Waals surface area contributed by atoms with Gasteiger partial charge >= 0.3 is 47.7 Å². The SMILES string of the molecule is CCOC(=O)C1C(C2CC2)=NC(C)=C(C(=O)OCCCC(F)(F)C(F)(F)C(F)(F)C(F)(F)C(F)(F)C(F)(F)F)C1c1cccc([N+](=O)[O-])c1. The zero-order valence-corrected chi connectivity index (χ0v) is 25.0. The van der Waals surface area contributed by atoms with Gasteiger partial charge in [-0.25, -0.2) is 4.79 Å². The molecule has 1 aliphatic heterocycles. The summed E-state index contributed by atoms with van der Waals surface area (Å²) in [4.78, 5) is 41.4. The molecule has 1 aromatic carbocycles. The summed E-state index contributed by atoms with van der Waals surface area (Å²) in [6.07, 6.45) is -10.5. The van der Waals surface area contributed by atoms with Crippen LogP contribution in [0.3, 0.4) is 0 Å². The molecule has 8 nitrogen and oxygen atoms in total. The molecule has 0 amide bonds. The first-order valence-corrected chi connectivity index (χ1v) is 14.1. The smallest absolute Gasteiger partial charge is 0.460 e. The van der Waals surface area contributed by atoms with Crippen molar-refractivity contribution < 1.29 is 81.1 Å². The van der Waals surface area contributed by atoms with E-state index in [1.807, 2.05) is 0 Å². The molecule has 0 bridgehead atoms. The van der Waals surface area contributed by atoms with E-state index in [0.29, 0.717) is 12.8 Å².